The van der Waals surface area contributed by atoms with Gasteiger partial charge in [-0.15, -0.1) is 0 Å². The summed E-state index contributed by atoms with van der Waals surface area (Å²) in [5, 5.41) is 5.48. The lowest BCUT2D eigenvalue weighted by molar-refractivity contribution is -0.138. The lowest BCUT2D eigenvalue weighted by atomic mass is 9.81. The number of nitrogens with zero attached hydrogens (tertiary/aromatic N) is 3. The number of primary amides is 1. The van der Waals surface area contributed by atoms with Crippen LogP contribution in [0.2, 0.25) is 0 Å². The summed E-state index contributed by atoms with van der Waals surface area (Å²) in [4.78, 5) is 56.2. The van der Waals surface area contributed by atoms with Gasteiger partial charge in [0.05, 0.1) is 6.04 Å². The van der Waals surface area contributed by atoms with E-state index in [4.69, 9.17) is 5.73 Å². The third-order valence-electron chi connectivity index (χ3n) is 5.69. The standard InChI is InChI=1S/C20H28N6O4/c1-25(2)20(30)11-4-5-14(23-19(29)17(21)27)15(6-11)24-18(28)16-7-12-9-26(3)10-13(12)8-22-16/h7-8,11,14-15H,4-6,9-10H2,1-3H3,(H2,21,27)(H,23,29)(H,24,28)/t11-,14-,15+/m0/s1. The molecular weight excluding hydrogens is 388 g/mol. The molecule has 3 atom stereocenters. The van der Waals surface area contributed by atoms with Gasteiger partial charge in [-0.1, -0.05) is 0 Å². The van der Waals surface area contributed by atoms with Crippen LogP contribution in [-0.2, 0) is 27.5 Å². The summed E-state index contributed by atoms with van der Waals surface area (Å²) in [7, 11) is 5.36. The molecule has 1 aromatic rings. The quantitative estimate of drug-likeness (QED) is 0.538. The molecular formula is C20H28N6O4. The van der Waals surface area contributed by atoms with Crippen LogP contribution < -0.4 is 16.4 Å². The first kappa shape index (κ1) is 21.7. The van der Waals surface area contributed by atoms with E-state index >= 15 is 0 Å². The predicted octanol–water partition coefficient (Wildman–Crippen LogP) is -1.02. The lowest BCUT2D eigenvalue weighted by Crippen LogP contribution is -2.57. The summed E-state index contributed by atoms with van der Waals surface area (Å²) in [5.74, 6) is -2.69. The van der Waals surface area contributed by atoms with E-state index in [2.05, 4.69) is 20.5 Å². The maximum absolute atomic E-state index is 12.9. The van der Waals surface area contributed by atoms with Crippen molar-refractivity contribution >= 4 is 23.6 Å². The van der Waals surface area contributed by atoms with Gasteiger partial charge in [0.2, 0.25) is 5.91 Å². The van der Waals surface area contributed by atoms with Gasteiger partial charge in [0.15, 0.2) is 0 Å². The third kappa shape index (κ3) is 4.76. The summed E-state index contributed by atoms with van der Waals surface area (Å²) in [6, 6.07) is 0.748. The van der Waals surface area contributed by atoms with Crippen molar-refractivity contribution in [3.8, 4) is 0 Å². The number of fused-ring (bicyclic) bond motifs is 1. The summed E-state index contributed by atoms with van der Waals surface area (Å²) in [5.41, 5.74) is 7.49. The number of carbonyl (C=O) groups is 4. The molecule has 4 N–H and O–H groups in total. The highest BCUT2D eigenvalue weighted by Gasteiger charge is 2.37. The van der Waals surface area contributed by atoms with Crippen molar-refractivity contribution in [2.24, 2.45) is 11.7 Å². The van der Waals surface area contributed by atoms with Crippen LogP contribution in [0.15, 0.2) is 12.3 Å². The molecule has 1 aliphatic carbocycles. The Morgan fingerprint density at radius 2 is 1.80 bits per heavy atom. The van der Waals surface area contributed by atoms with Crippen molar-refractivity contribution < 1.29 is 19.2 Å². The first-order valence-electron chi connectivity index (χ1n) is 9.94. The van der Waals surface area contributed by atoms with Crippen LogP contribution >= 0.6 is 0 Å². The fourth-order valence-corrected chi connectivity index (χ4v) is 4.15. The normalized spacial score (nSPS) is 23.4. The van der Waals surface area contributed by atoms with E-state index in [9.17, 15) is 19.2 Å². The molecule has 162 valence electrons. The van der Waals surface area contributed by atoms with Gasteiger partial charge in [-0.2, -0.15) is 0 Å². The minimum absolute atomic E-state index is 0.0346. The van der Waals surface area contributed by atoms with Gasteiger partial charge in [0, 0.05) is 45.3 Å². The number of aromatic nitrogens is 1. The molecule has 10 heteroatoms. The van der Waals surface area contributed by atoms with Crippen LogP contribution in [0.1, 0.15) is 40.9 Å². The SMILES string of the molecule is CN1Cc2cnc(C(=O)N[C@@H]3C[C@@H](C(=O)N(C)C)CC[C@@H]3NC(=O)C(N)=O)cc2C1. The zero-order valence-corrected chi connectivity index (χ0v) is 17.5. The lowest BCUT2D eigenvalue weighted by Gasteiger charge is -2.37. The van der Waals surface area contributed by atoms with Crippen molar-refractivity contribution in [3.05, 3.63) is 29.1 Å². The number of rotatable bonds is 4. The average molecular weight is 416 g/mol. The van der Waals surface area contributed by atoms with Crippen LogP contribution in [0.3, 0.4) is 0 Å². The molecule has 0 unspecified atom stereocenters. The van der Waals surface area contributed by atoms with E-state index in [-0.39, 0.29) is 23.4 Å². The van der Waals surface area contributed by atoms with Gasteiger partial charge in [0.1, 0.15) is 5.69 Å². The van der Waals surface area contributed by atoms with Crippen LogP contribution in [-0.4, -0.2) is 71.6 Å². The van der Waals surface area contributed by atoms with Crippen LogP contribution in [0.4, 0.5) is 0 Å². The minimum Gasteiger partial charge on any atom is -0.361 e. The Morgan fingerprint density at radius 1 is 1.10 bits per heavy atom. The number of amides is 4. The fraction of sp³-hybridized carbons (Fsp3) is 0.550. The molecule has 4 amide bonds. The molecule has 2 heterocycles. The highest BCUT2D eigenvalue weighted by Crippen LogP contribution is 2.27. The molecule has 1 fully saturated rings. The average Bonchev–Trinajstić information content (AvgIpc) is 3.07. The number of hydrogen-bond acceptors (Lipinski definition) is 6. The maximum atomic E-state index is 12.9. The summed E-state index contributed by atoms with van der Waals surface area (Å²) < 4.78 is 0. The molecule has 2 aliphatic rings. The zero-order chi connectivity index (χ0) is 22.0. The van der Waals surface area contributed by atoms with E-state index in [1.165, 1.54) is 4.90 Å². The summed E-state index contributed by atoms with van der Waals surface area (Å²) >= 11 is 0. The fourth-order valence-electron chi connectivity index (χ4n) is 4.15. The summed E-state index contributed by atoms with van der Waals surface area (Å²) in [6.07, 6.45) is 3.03. The Morgan fingerprint density at radius 3 is 2.47 bits per heavy atom. The van der Waals surface area contributed by atoms with E-state index in [0.717, 1.165) is 24.2 Å². The zero-order valence-electron chi connectivity index (χ0n) is 17.5. The molecule has 0 aromatic carbocycles. The molecule has 10 nitrogen and oxygen atoms in total. The molecule has 0 radical (unpaired) electrons. The Labute approximate surface area is 175 Å². The first-order chi connectivity index (χ1) is 14.2. The molecule has 0 bridgehead atoms. The van der Waals surface area contributed by atoms with Gasteiger partial charge in [-0.05, 0) is 43.5 Å². The molecule has 1 aromatic heterocycles. The third-order valence-corrected chi connectivity index (χ3v) is 5.69. The van der Waals surface area contributed by atoms with Crippen LogP contribution in [0.5, 0.6) is 0 Å². The van der Waals surface area contributed by atoms with Crippen molar-refractivity contribution in [3.63, 3.8) is 0 Å². The number of hydrogen-bond donors (Lipinski definition) is 3. The summed E-state index contributed by atoms with van der Waals surface area (Å²) in [6.45, 7) is 1.54. The topological polar surface area (TPSA) is 138 Å². The Kier molecular flexibility index (Phi) is 6.35. The van der Waals surface area contributed by atoms with E-state index in [1.807, 2.05) is 7.05 Å². The monoisotopic (exact) mass is 416 g/mol. The number of carbonyl (C=O) groups excluding carboxylic acids is 4. The largest absolute Gasteiger partial charge is 0.361 e. The second-order valence-electron chi connectivity index (χ2n) is 8.28. The first-order valence-corrected chi connectivity index (χ1v) is 9.94. The second kappa shape index (κ2) is 8.78. The Balaban J connectivity index is 1.76. The Bertz CT molecular complexity index is 871. The van der Waals surface area contributed by atoms with E-state index in [1.54, 1.807) is 26.4 Å². The predicted molar refractivity (Wildman–Crippen MR) is 108 cm³/mol. The van der Waals surface area contributed by atoms with Crippen LogP contribution in [0.25, 0.3) is 0 Å². The van der Waals surface area contributed by atoms with Gasteiger partial charge < -0.3 is 21.3 Å². The second-order valence-corrected chi connectivity index (χ2v) is 8.28. The van der Waals surface area contributed by atoms with Crippen molar-refractivity contribution in [1.29, 1.82) is 0 Å². The molecule has 0 spiro atoms. The van der Waals surface area contributed by atoms with Crippen molar-refractivity contribution in [2.45, 2.75) is 44.4 Å². The Hall–Kier alpha value is -3.01. The van der Waals surface area contributed by atoms with Gasteiger partial charge in [-0.25, -0.2) is 0 Å². The smallest absolute Gasteiger partial charge is 0.309 e. The van der Waals surface area contributed by atoms with Gasteiger partial charge in [-0.3, -0.25) is 29.1 Å². The van der Waals surface area contributed by atoms with Gasteiger partial charge in [0.25, 0.3) is 5.91 Å². The maximum Gasteiger partial charge on any atom is 0.309 e. The molecule has 1 aliphatic heterocycles. The molecule has 0 saturated heterocycles. The molecule has 30 heavy (non-hydrogen) atoms. The number of pyridine rings is 1. The van der Waals surface area contributed by atoms with E-state index < -0.39 is 23.9 Å². The molecule has 3 rings (SSSR count). The van der Waals surface area contributed by atoms with E-state index in [0.29, 0.717) is 19.3 Å². The van der Waals surface area contributed by atoms with Gasteiger partial charge >= 0.3 is 11.8 Å². The number of nitrogens with one attached hydrogen (secondary N) is 2. The number of nitrogens with two attached hydrogens (primary N) is 1. The van der Waals surface area contributed by atoms with Crippen molar-refractivity contribution in [1.82, 2.24) is 25.4 Å². The highest BCUT2D eigenvalue weighted by atomic mass is 16.2. The highest BCUT2D eigenvalue weighted by molar-refractivity contribution is 6.34. The van der Waals surface area contributed by atoms with Crippen molar-refractivity contribution in [2.75, 3.05) is 21.1 Å². The minimum atomic E-state index is -1.09. The molecule has 1 saturated carbocycles. The van der Waals surface area contributed by atoms with Crippen LogP contribution in [0, 0.1) is 5.92 Å².